The zero-order valence-corrected chi connectivity index (χ0v) is 14.5. The highest BCUT2D eigenvalue weighted by Crippen LogP contribution is 2.29. The number of carbonyl (C=O) groups is 2. The Morgan fingerprint density at radius 1 is 1.39 bits per heavy atom. The molecule has 0 unspecified atom stereocenters. The average Bonchev–Trinajstić information content (AvgIpc) is 3.04. The predicted molar refractivity (Wildman–Crippen MR) is 94.9 cm³/mol. The van der Waals surface area contributed by atoms with Gasteiger partial charge >= 0.3 is 0 Å². The van der Waals surface area contributed by atoms with Crippen LogP contribution in [0.25, 0.3) is 0 Å². The summed E-state index contributed by atoms with van der Waals surface area (Å²) in [6.07, 6.45) is 2.62. The summed E-state index contributed by atoms with van der Waals surface area (Å²) < 4.78 is 0. The molecule has 1 aromatic rings. The molecule has 0 aliphatic carbocycles. The van der Waals surface area contributed by atoms with E-state index in [9.17, 15) is 9.59 Å². The largest absolute Gasteiger partial charge is 0.374 e. The van der Waals surface area contributed by atoms with E-state index < -0.39 is 0 Å². The van der Waals surface area contributed by atoms with Crippen molar-refractivity contribution in [1.82, 2.24) is 4.90 Å². The molecule has 1 aromatic carbocycles. The third-order valence-corrected chi connectivity index (χ3v) is 5.52. The monoisotopic (exact) mass is 333 g/mol. The van der Waals surface area contributed by atoms with E-state index >= 15 is 0 Å². The topological polar surface area (TPSA) is 52.7 Å². The highest BCUT2D eigenvalue weighted by atomic mass is 32.2. The first-order valence-corrected chi connectivity index (χ1v) is 9.27. The number of benzene rings is 1. The highest BCUT2D eigenvalue weighted by molar-refractivity contribution is 7.99. The molecule has 0 spiro atoms. The number of nitrogens with zero attached hydrogens (tertiary/aromatic N) is 2. The Balaban J connectivity index is 1.72. The Hall–Kier alpha value is -1.69. The maximum atomic E-state index is 12.5. The van der Waals surface area contributed by atoms with Gasteiger partial charge in [-0.3, -0.25) is 9.59 Å². The quantitative estimate of drug-likeness (QED) is 0.922. The molecule has 0 bridgehead atoms. The molecule has 23 heavy (non-hydrogen) atoms. The van der Waals surface area contributed by atoms with Gasteiger partial charge in [-0.15, -0.1) is 11.8 Å². The predicted octanol–water partition coefficient (Wildman–Crippen LogP) is 2.32. The van der Waals surface area contributed by atoms with E-state index in [1.807, 2.05) is 13.0 Å². The molecule has 0 radical (unpaired) electrons. The summed E-state index contributed by atoms with van der Waals surface area (Å²) >= 11 is 1.63. The summed E-state index contributed by atoms with van der Waals surface area (Å²) in [5, 5.41) is 2.99. The second kappa shape index (κ2) is 6.83. The second-order valence-corrected chi connectivity index (χ2v) is 7.09. The van der Waals surface area contributed by atoms with E-state index in [2.05, 4.69) is 29.4 Å². The van der Waals surface area contributed by atoms with Crippen LogP contribution in [0.4, 0.5) is 11.4 Å². The van der Waals surface area contributed by atoms with Crippen LogP contribution in [-0.4, -0.2) is 48.0 Å². The molecule has 2 heterocycles. The van der Waals surface area contributed by atoms with Gasteiger partial charge in [0.05, 0.1) is 5.88 Å². The maximum absolute atomic E-state index is 12.5. The van der Waals surface area contributed by atoms with Gasteiger partial charge in [0.2, 0.25) is 11.8 Å². The van der Waals surface area contributed by atoms with Crippen LogP contribution in [0.5, 0.6) is 0 Å². The van der Waals surface area contributed by atoms with Crippen LogP contribution < -0.4 is 10.2 Å². The third kappa shape index (κ3) is 3.32. The van der Waals surface area contributed by atoms with Crippen molar-refractivity contribution in [2.45, 2.75) is 32.2 Å². The van der Waals surface area contributed by atoms with Gasteiger partial charge in [-0.2, -0.15) is 0 Å². The van der Waals surface area contributed by atoms with Crippen LogP contribution in [0.3, 0.4) is 0 Å². The van der Waals surface area contributed by atoms with Crippen LogP contribution >= 0.6 is 11.8 Å². The average molecular weight is 333 g/mol. The minimum Gasteiger partial charge on any atom is -0.374 e. The number of anilines is 2. The van der Waals surface area contributed by atoms with Crippen molar-refractivity contribution in [3.05, 3.63) is 23.8 Å². The van der Waals surface area contributed by atoms with Crippen molar-refractivity contribution in [1.29, 1.82) is 0 Å². The zero-order valence-electron chi connectivity index (χ0n) is 13.7. The van der Waals surface area contributed by atoms with Crippen LogP contribution in [-0.2, 0) is 16.0 Å². The Kier molecular flexibility index (Phi) is 4.80. The number of thioether (sulfide) groups is 1. The maximum Gasteiger partial charge on any atom is 0.248 e. The van der Waals surface area contributed by atoms with Crippen LogP contribution in [0, 0.1) is 0 Å². The van der Waals surface area contributed by atoms with Gasteiger partial charge in [-0.1, -0.05) is 6.92 Å². The molecule has 2 aliphatic heterocycles. The lowest BCUT2D eigenvalue weighted by Crippen LogP contribution is -2.44. The molecule has 1 fully saturated rings. The Bertz CT molecular complexity index is 620. The lowest BCUT2D eigenvalue weighted by atomic mass is 10.0. The SMILES string of the molecule is CCC(=O)N1CSC[C@@H]1C(=O)Nc1ccc2c(c1)CCCN2C. The standard InChI is InChI=1S/C17H23N3O2S/c1-3-16(21)20-11-23-10-15(20)17(22)18-13-6-7-14-12(9-13)5-4-8-19(14)2/h6-7,9,15H,3-5,8,10-11H2,1-2H3,(H,18,22)/t15-/m1/s1. The number of fused-ring (bicyclic) bond motifs is 1. The summed E-state index contributed by atoms with van der Waals surface area (Å²) in [7, 11) is 2.10. The second-order valence-electron chi connectivity index (χ2n) is 6.09. The van der Waals surface area contributed by atoms with Crippen molar-refractivity contribution in [2.24, 2.45) is 0 Å². The number of aryl methyl sites for hydroxylation is 1. The van der Waals surface area contributed by atoms with Gasteiger partial charge in [-0.25, -0.2) is 0 Å². The Morgan fingerprint density at radius 3 is 3.00 bits per heavy atom. The van der Waals surface area contributed by atoms with Crippen molar-refractivity contribution in [2.75, 3.05) is 35.4 Å². The first-order valence-electron chi connectivity index (χ1n) is 8.12. The van der Waals surface area contributed by atoms with Gasteiger partial charge in [-0.05, 0) is 36.6 Å². The normalized spacial score (nSPS) is 20.3. The van der Waals surface area contributed by atoms with Gasteiger partial charge in [0.25, 0.3) is 0 Å². The molecule has 124 valence electrons. The van der Waals surface area contributed by atoms with Crippen LogP contribution in [0.1, 0.15) is 25.3 Å². The van der Waals surface area contributed by atoms with E-state index in [-0.39, 0.29) is 17.9 Å². The summed E-state index contributed by atoms with van der Waals surface area (Å²) in [6.45, 7) is 2.91. The van der Waals surface area contributed by atoms with E-state index in [1.54, 1.807) is 16.7 Å². The molecule has 1 N–H and O–H groups in total. The zero-order chi connectivity index (χ0) is 16.4. The van der Waals surface area contributed by atoms with E-state index in [4.69, 9.17) is 0 Å². The molecule has 1 atom stereocenters. The first kappa shape index (κ1) is 16.2. The number of rotatable bonds is 3. The van der Waals surface area contributed by atoms with Crippen molar-refractivity contribution in [3.63, 3.8) is 0 Å². The smallest absolute Gasteiger partial charge is 0.248 e. The molecule has 0 aromatic heterocycles. The molecule has 1 saturated heterocycles. The molecule has 5 nitrogen and oxygen atoms in total. The van der Waals surface area contributed by atoms with E-state index in [1.165, 1.54) is 11.3 Å². The highest BCUT2D eigenvalue weighted by Gasteiger charge is 2.33. The summed E-state index contributed by atoms with van der Waals surface area (Å²) in [5.74, 6) is 1.24. The summed E-state index contributed by atoms with van der Waals surface area (Å²) in [6, 6.07) is 5.73. The van der Waals surface area contributed by atoms with Gasteiger partial charge in [0.15, 0.2) is 0 Å². The number of amides is 2. The number of carbonyl (C=O) groups excluding carboxylic acids is 2. The van der Waals surface area contributed by atoms with Gasteiger partial charge in [0.1, 0.15) is 6.04 Å². The van der Waals surface area contributed by atoms with Crippen LogP contribution in [0.2, 0.25) is 0 Å². The van der Waals surface area contributed by atoms with Crippen molar-refractivity contribution in [3.8, 4) is 0 Å². The fraction of sp³-hybridized carbons (Fsp3) is 0.529. The molecule has 6 heteroatoms. The fourth-order valence-electron chi connectivity index (χ4n) is 3.20. The lowest BCUT2D eigenvalue weighted by molar-refractivity contribution is -0.135. The molecular weight excluding hydrogens is 310 g/mol. The molecular formula is C17H23N3O2S. The van der Waals surface area contributed by atoms with Gasteiger partial charge in [0, 0.05) is 37.1 Å². The third-order valence-electron chi connectivity index (χ3n) is 4.51. The summed E-state index contributed by atoms with van der Waals surface area (Å²) in [4.78, 5) is 28.4. The number of nitrogens with one attached hydrogen (secondary N) is 1. The molecule has 0 saturated carbocycles. The fourth-order valence-corrected chi connectivity index (χ4v) is 4.38. The minimum atomic E-state index is -0.355. The van der Waals surface area contributed by atoms with E-state index in [0.717, 1.165) is 25.1 Å². The first-order chi connectivity index (χ1) is 11.1. The number of hydrogen-bond acceptors (Lipinski definition) is 4. The van der Waals surface area contributed by atoms with Crippen molar-refractivity contribution >= 4 is 35.0 Å². The Morgan fingerprint density at radius 2 is 2.22 bits per heavy atom. The van der Waals surface area contributed by atoms with E-state index in [0.29, 0.717) is 18.1 Å². The van der Waals surface area contributed by atoms with Crippen molar-refractivity contribution < 1.29 is 9.59 Å². The minimum absolute atomic E-state index is 0.0437. The molecule has 2 aliphatic rings. The summed E-state index contributed by atoms with van der Waals surface area (Å²) in [5.41, 5.74) is 3.34. The Labute approximate surface area is 141 Å². The van der Waals surface area contributed by atoms with Gasteiger partial charge < -0.3 is 15.1 Å². The van der Waals surface area contributed by atoms with Crippen LogP contribution in [0.15, 0.2) is 18.2 Å². The molecule has 2 amide bonds. The lowest BCUT2D eigenvalue weighted by Gasteiger charge is -2.28. The number of hydrogen-bond donors (Lipinski definition) is 1. The molecule has 3 rings (SSSR count).